The lowest BCUT2D eigenvalue weighted by Gasteiger charge is -2.26. The summed E-state index contributed by atoms with van der Waals surface area (Å²) in [5.74, 6) is 2.85. The minimum absolute atomic E-state index is 0.286. The second-order valence-electron chi connectivity index (χ2n) is 8.00. The van der Waals surface area contributed by atoms with E-state index in [0.29, 0.717) is 24.2 Å². The Morgan fingerprint density at radius 3 is 2.63 bits per heavy atom. The van der Waals surface area contributed by atoms with Crippen LogP contribution in [0.3, 0.4) is 0 Å². The van der Waals surface area contributed by atoms with E-state index in [0.717, 1.165) is 38.5 Å². The quantitative estimate of drug-likeness (QED) is 0.781. The highest BCUT2D eigenvalue weighted by atomic mass is 16.5. The molecule has 0 spiro atoms. The predicted octanol–water partition coefficient (Wildman–Crippen LogP) is 2.59. The first-order chi connectivity index (χ1) is 13.1. The van der Waals surface area contributed by atoms with Crippen LogP contribution in [-0.2, 0) is 17.9 Å². The minimum atomic E-state index is 0.286. The molecule has 0 unspecified atom stereocenters. The van der Waals surface area contributed by atoms with E-state index < -0.39 is 0 Å². The molecule has 144 valence electrons. The molecular formula is C21H28N4O2. The number of aromatic nitrogens is 2. The van der Waals surface area contributed by atoms with Gasteiger partial charge in [-0.3, -0.25) is 4.90 Å². The van der Waals surface area contributed by atoms with Crippen LogP contribution >= 0.6 is 0 Å². The van der Waals surface area contributed by atoms with Gasteiger partial charge in [0.2, 0.25) is 5.88 Å². The molecule has 2 aliphatic heterocycles. The highest BCUT2D eigenvalue weighted by molar-refractivity contribution is 5.44. The van der Waals surface area contributed by atoms with Crippen molar-refractivity contribution in [2.24, 2.45) is 11.3 Å². The molecule has 3 heterocycles. The molecule has 1 aromatic carbocycles. The first-order valence-corrected chi connectivity index (χ1v) is 9.52. The third-order valence-corrected chi connectivity index (χ3v) is 5.83. The normalized spacial score (nSPS) is 25.0. The highest BCUT2D eigenvalue weighted by Crippen LogP contribution is 2.43. The Bertz CT molecular complexity index is 785. The fourth-order valence-corrected chi connectivity index (χ4v) is 4.52. The smallest absolute Gasteiger partial charge is 0.218 e. The molecule has 2 aromatic rings. The lowest BCUT2D eigenvalue weighted by Crippen LogP contribution is -2.32. The van der Waals surface area contributed by atoms with Gasteiger partial charge in [0.25, 0.3) is 0 Å². The summed E-state index contributed by atoms with van der Waals surface area (Å²) in [6.45, 7) is 8.13. The van der Waals surface area contributed by atoms with Crippen molar-refractivity contribution >= 4 is 5.82 Å². The van der Waals surface area contributed by atoms with Gasteiger partial charge in [0, 0.05) is 51.3 Å². The fraction of sp³-hybridized carbons (Fsp3) is 0.524. The van der Waals surface area contributed by atoms with Crippen molar-refractivity contribution < 1.29 is 9.47 Å². The van der Waals surface area contributed by atoms with Crippen LogP contribution in [0.2, 0.25) is 0 Å². The Labute approximate surface area is 161 Å². The zero-order chi connectivity index (χ0) is 18.9. The predicted molar refractivity (Wildman–Crippen MR) is 105 cm³/mol. The molecule has 6 heteroatoms. The number of anilines is 1. The minimum Gasteiger partial charge on any atom is -0.481 e. The average molecular weight is 368 g/mol. The van der Waals surface area contributed by atoms with Gasteiger partial charge in [0.15, 0.2) is 5.82 Å². The molecule has 0 bridgehead atoms. The van der Waals surface area contributed by atoms with Gasteiger partial charge in [-0.05, 0) is 11.5 Å². The molecule has 2 fully saturated rings. The summed E-state index contributed by atoms with van der Waals surface area (Å²) in [7, 11) is 3.30. The molecular weight excluding hydrogens is 340 g/mol. The van der Waals surface area contributed by atoms with Crippen LogP contribution in [0.15, 0.2) is 36.4 Å². The van der Waals surface area contributed by atoms with E-state index >= 15 is 0 Å². The van der Waals surface area contributed by atoms with Crippen LogP contribution in [0.5, 0.6) is 5.88 Å². The van der Waals surface area contributed by atoms with Gasteiger partial charge < -0.3 is 14.4 Å². The molecule has 6 nitrogen and oxygen atoms in total. The number of likely N-dealkylation sites (tertiary alicyclic amines) is 1. The van der Waals surface area contributed by atoms with E-state index in [9.17, 15) is 0 Å². The van der Waals surface area contributed by atoms with Crippen LogP contribution in [-0.4, -0.2) is 55.3 Å². The maximum absolute atomic E-state index is 5.36. The third-order valence-electron chi connectivity index (χ3n) is 5.83. The van der Waals surface area contributed by atoms with Gasteiger partial charge in [-0.1, -0.05) is 37.3 Å². The summed E-state index contributed by atoms with van der Waals surface area (Å²) in [6.07, 6.45) is 0. The van der Waals surface area contributed by atoms with Crippen molar-refractivity contribution in [3.8, 4) is 5.88 Å². The van der Waals surface area contributed by atoms with Crippen molar-refractivity contribution in [2.75, 3.05) is 45.3 Å². The van der Waals surface area contributed by atoms with Crippen LogP contribution in [0, 0.1) is 11.3 Å². The molecule has 0 aliphatic carbocycles. The lowest BCUT2D eigenvalue weighted by molar-refractivity contribution is 0.177. The van der Waals surface area contributed by atoms with Gasteiger partial charge in [-0.15, -0.1) is 0 Å². The fourth-order valence-electron chi connectivity index (χ4n) is 4.52. The van der Waals surface area contributed by atoms with E-state index in [1.54, 1.807) is 14.2 Å². The van der Waals surface area contributed by atoms with Gasteiger partial charge >= 0.3 is 0 Å². The third kappa shape index (κ3) is 3.77. The summed E-state index contributed by atoms with van der Waals surface area (Å²) >= 11 is 0. The molecule has 0 radical (unpaired) electrons. The molecule has 1 aromatic heterocycles. The number of nitrogens with zero attached hydrogens (tertiary/aromatic N) is 4. The zero-order valence-electron chi connectivity index (χ0n) is 16.4. The molecule has 4 rings (SSSR count). The van der Waals surface area contributed by atoms with Gasteiger partial charge in [0.1, 0.15) is 12.4 Å². The standard InChI is InChI=1S/C21H28N4O2/c1-21-14-24(10-16-7-5-4-6-8-16)11-17(21)12-25(15-21)19-9-20(27-3)23-18(22-19)13-26-2/h4-9,17H,10-15H2,1-3H3/t17-,21+/m0/s1. The van der Waals surface area contributed by atoms with Gasteiger partial charge in [-0.2, -0.15) is 4.98 Å². The second-order valence-corrected chi connectivity index (χ2v) is 8.00. The SMILES string of the molecule is COCc1nc(OC)cc(N2C[C@@H]3CN(Cc4ccccc4)C[C@]3(C)C2)n1. The number of benzene rings is 1. The van der Waals surface area contributed by atoms with E-state index in [1.165, 1.54) is 5.56 Å². The van der Waals surface area contributed by atoms with Gasteiger partial charge in [-0.25, -0.2) is 4.98 Å². The van der Waals surface area contributed by atoms with E-state index in [1.807, 2.05) is 6.07 Å². The Hall–Kier alpha value is -2.18. The number of hydrogen-bond donors (Lipinski definition) is 0. The average Bonchev–Trinajstić information content (AvgIpc) is 3.13. The number of rotatable bonds is 6. The maximum Gasteiger partial charge on any atom is 0.218 e. The van der Waals surface area contributed by atoms with Crippen LogP contribution in [0.4, 0.5) is 5.82 Å². The van der Waals surface area contributed by atoms with Gasteiger partial charge in [0.05, 0.1) is 7.11 Å². The van der Waals surface area contributed by atoms with Crippen LogP contribution in [0.25, 0.3) is 0 Å². The van der Waals surface area contributed by atoms with Crippen molar-refractivity contribution in [3.05, 3.63) is 47.8 Å². The molecule has 0 amide bonds. The maximum atomic E-state index is 5.36. The molecule has 2 aliphatic rings. The van der Waals surface area contributed by atoms with E-state index in [2.05, 4.69) is 52.0 Å². The Balaban J connectivity index is 1.46. The molecule has 2 saturated heterocycles. The Morgan fingerprint density at radius 2 is 1.93 bits per heavy atom. The Morgan fingerprint density at radius 1 is 1.11 bits per heavy atom. The summed E-state index contributed by atoms with van der Waals surface area (Å²) in [5.41, 5.74) is 1.68. The molecule has 0 N–H and O–H groups in total. The summed E-state index contributed by atoms with van der Waals surface area (Å²) < 4.78 is 10.6. The monoisotopic (exact) mass is 368 g/mol. The number of methoxy groups -OCH3 is 2. The first kappa shape index (κ1) is 18.2. The summed E-state index contributed by atoms with van der Waals surface area (Å²) in [6, 6.07) is 12.7. The summed E-state index contributed by atoms with van der Waals surface area (Å²) in [5, 5.41) is 0. The zero-order valence-corrected chi connectivity index (χ0v) is 16.4. The van der Waals surface area contributed by atoms with Crippen molar-refractivity contribution in [1.29, 1.82) is 0 Å². The van der Waals surface area contributed by atoms with Crippen molar-refractivity contribution in [2.45, 2.75) is 20.1 Å². The summed E-state index contributed by atoms with van der Waals surface area (Å²) in [4.78, 5) is 14.0. The van der Waals surface area contributed by atoms with Crippen molar-refractivity contribution in [1.82, 2.24) is 14.9 Å². The lowest BCUT2D eigenvalue weighted by atomic mass is 9.83. The molecule has 2 atom stereocenters. The Kier molecular flexibility index (Phi) is 5.02. The number of hydrogen-bond acceptors (Lipinski definition) is 6. The topological polar surface area (TPSA) is 50.7 Å². The van der Waals surface area contributed by atoms with Crippen LogP contribution < -0.4 is 9.64 Å². The van der Waals surface area contributed by atoms with E-state index in [4.69, 9.17) is 14.5 Å². The van der Waals surface area contributed by atoms with E-state index in [-0.39, 0.29) is 5.41 Å². The van der Waals surface area contributed by atoms with Crippen LogP contribution in [0.1, 0.15) is 18.3 Å². The highest BCUT2D eigenvalue weighted by Gasteiger charge is 2.49. The first-order valence-electron chi connectivity index (χ1n) is 9.52. The number of ether oxygens (including phenoxy) is 2. The van der Waals surface area contributed by atoms with Crippen molar-refractivity contribution in [3.63, 3.8) is 0 Å². The number of fused-ring (bicyclic) bond motifs is 1. The molecule has 27 heavy (non-hydrogen) atoms. The molecule has 0 saturated carbocycles. The second kappa shape index (κ2) is 7.44. The largest absolute Gasteiger partial charge is 0.481 e.